The number of aldehydes is 1. The van der Waals surface area contributed by atoms with Gasteiger partial charge in [0.2, 0.25) is 0 Å². The van der Waals surface area contributed by atoms with Gasteiger partial charge in [0.05, 0.1) is 5.56 Å². The van der Waals surface area contributed by atoms with E-state index in [9.17, 15) is 9.90 Å². The molecule has 0 bridgehead atoms. The molecule has 1 aromatic carbocycles. The number of hydrogen-bond acceptors (Lipinski definition) is 4. The summed E-state index contributed by atoms with van der Waals surface area (Å²) in [6.45, 7) is 0.437. The van der Waals surface area contributed by atoms with E-state index >= 15 is 0 Å². The number of carbonyl (C=O) groups excluding carboxylic acids is 1. The SMILES string of the molecule is O=Cc1cc(C2=CNCO2)ccc1O. The molecule has 4 heteroatoms. The van der Waals surface area contributed by atoms with E-state index in [0.29, 0.717) is 18.8 Å². The fraction of sp³-hybridized carbons (Fsp3) is 0.100. The summed E-state index contributed by atoms with van der Waals surface area (Å²) < 4.78 is 5.23. The molecule has 72 valence electrons. The second-order valence-electron chi connectivity index (χ2n) is 2.89. The van der Waals surface area contributed by atoms with Crippen LogP contribution in [-0.4, -0.2) is 18.1 Å². The molecule has 1 aromatic rings. The fourth-order valence-corrected chi connectivity index (χ4v) is 1.26. The minimum atomic E-state index is -0.0182. The van der Waals surface area contributed by atoms with E-state index in [-0.39, 0.29) is 11.3 Å². The van der Waals surface area contributed by atoms with Gasteiger partial charge in [-0.25, -0.2) is 0 Å². The molecule has 0 radical (unpaired) electrons. The number of phenolic OH excluding ortho intramolecular Hbond substituents is 1. The van der Waals surface area contributed by atoms with Crippen LogP contribution in [0, 0.1) is 0 Å². The lowest BCUT2D eigenvalue weighted by atomic mass is 10.1. The molecular formula is C10H9NO3. The van der Waals surface area contributed by atoms with Gasteiger partial charge >= 0.3 is 0 Å². The van der Waals surface area contributed by atoms with Gasteiger partial charge in [-0.1, -0.05) is 0 Å². The molecule has 0 aliphatic carbocycles. The van der Waals surface area contributed by atoms with Crippen LogP contribution in [0.4, 0.5) is 0 Å². The Bertz CT molecular complexity index is 398. The van der Waals surface area contributed by atoms with Crippen molar-refractivity contribution < 1.29 is 14.6 Å². The first-order chi connectivity index (χ1) is 6.81. The van der Waals surface area contributed by atoms with Gasteiger partial charge in [0.1, 0.15) is 11.5 Å². The summed E-state index contributed by atoms with van der Waals surface area (Å²) in [5.41, 5.74) is 1.04. The molecule has 0 saturated heterocycles. The van der Waals surface area contributed by atoms with Crippen molar-refractivity contribution in [2.45, 2.75) is 0 Å². The summed E-state index contributed by atoms with van der Waals surface area (Å²) in [7, 11) is 0. The van der Waals surface area contributed by atoms with Gasteiger partial charge in [-0.3, -0.25) is 4.79 Å². The maximum absolute atomic E-state index is 10.6. The van der Waals surface area contributed by atoms with E-state index in [1.165, 1.54) is 6.07 Å². The monoisotopic (exact) mass is 191 g/mol. The van der Waals surface area contributed by atoms with Crippen molar-refractivity contribution in [2.75, 3.05) is 6.73 Å². The first-order valence-corrected chi connectivity index (χ1v) is 4.16. The van der Waals surface area contributed by atoms with E-state index in [0.717, 1.165) is 5.56 Å². The Morgan fingerprint density at radius 2 is 2.36 bits per heavy atom. The molecule has 1 heterocycles. The Labute approximate surface area is 80.8 Å². The second kappa shape index (κ2) is 3.41. The Morgan fingerprint density at radius 1 is 1.50 bits per heavy atom. The number of ether oxygens (including phenoxy) is 1. The molecule has 0 fully saturated rings. The molecule has 1 aliphatic rings. The summed E-state index contributed by atoms with van der Waals surface area (Å²) in [4.78, 5) is 10.6. The summed E-state index contributed by atoms with van der Waals surface area (Å²) in [6.07, 6.45) is 2.34. The van der Waals surface area contributed by atoms with E-state index in [1.807, 2.05) is 0 Å². The van der Waals surface area contributed by atoms with Crippen molar-refractivity contribution in [3.63, 3.8) is 0 Å². The normalized spacial score (nSPS) is 14.1. The van der Waals surface area contributed by atoms with Crippen molar-refractivity contribution >= 4 is 12.0 Å². The molecule has 0 saturated carbocycles. The quantitative estimate of drug-likeness (QED) is 0.687. The van der Waals surface area contributed by atoms with Crippen molar-refractivity contribution in [3.05, 3.63) is 35.5 Å². The minimum absolute atomic E-state index is 0.0182. The Morgan fingerprint density at radius 3 is 3.00 bits per heavy atom. The van der Waals surface area contributed by atoms with Crippen molar-refractivity contribution in [2.24, 2.45) is 0 Å². The van der Waals surface area contributed by atoms with Crippen LogP contribution in [0.2, 0.25) is 0 Å². The minimum Gasteiger partial charge on any atom is -0.507 e. The number of hydrogen-bond donors (Lipinski definition) is 2. The summed E-state index contributed by atoms with van der Waals surface area (Å²) in [6, 6.07) is 4.75. The fourth-order valence-electron chi connectivity index (χ4n) is 1.26. The van der Waals surface area contributed by atoms with Crippen molar-refractivity contribution in [3.8, 4) is 5.75 Å². The third-order valence-electron chi connectivity index (χ3n) is 1.98. The molecule has 14 heavy (non-hydrogen) atoms. The Kier molecular flexibility index (Phi) is 2.10. The molecular weight excluding hydrogens is 182 g/mol. The van der Waals surface area contributed by atoms with Gasteiger partial charge in [-0.2, -0.15) is 0 Å². The van der Waals surface area contributed by atoms with E-state index in [1.54, 1.807) is 18.3 Å². The number of rotatable bonds is 2. The van der Waals surface area contributed by atoms with Crippen LogP contribution in [-0.2, 0) is 4.74 Å². The van der Waals surface area contributed by atoms with Crippen molar-refractivity contribution in [1.29, 1.82) is 0 Å². The van der Waals surface area contributed by atoms with Crippen LogP contribution in [0.15, 0.2) is 24.4 Å². The van der Waals surface area contributed by atoms with Gasteiger partial charge in [-0.05, 0) is 18.2 Å². The molecule has 2 rings (SSSR count). The number of carbonyl (C=O) groups is 1. The molecule has 4 nitrogen and oxygen atoms in total. The number of phenols is 1. The van der Waals surface area contributed by atoms with Crippen LogP contribution >= 0.6 is 0 Å². The highest BCUT2D eigenvalue weighted by molar-refractivity contribution is 5.81. The molecule has 1 aliphatic heterocycles. The summed E-state index contributed by atoms with van der Waals surface area (Å²) >= 11 is 0. The average molecular weight is 191 g/mol. The summed E-state index contributed by atoms with van der Waals surface area (Å²) in [5.74, 6) is 0.656. The Hall–Kier alpha value is -1.97. The lowest BCUT2D eigenvalue weighted by Gasteiger charge is -2.03. The second-order valence-corrected chi connectivity index (χ2v) is 2.89. The molecule has 0 amide bonds. The number of aromatic hydroxyl groups is 1. The largest absolute Gasteiger partial charge is 0.507 e. The third kappa shape index (κ3) is 1.42. The van der Waals surface area contributed by atoms with Gasteiger partial charge in [0.15, 0.2) is 13.0 Å². The topological polar surface area (TPSA) is 58.6 Å². The number of benzene rings is 1. The smallest absolute Gasteiger partial charge is 0.158 e. The molecule has 0 spiro atoms. The van der Waals surface area contributed by atoms with Crippen LogP contribution < -0.4 is 5.32 Å². The summed E-state index contributed by atoms with van der Waals surface area (Å²) in [5, 5.41) is 12.2. The third-order valence-corrected chi connectivity index (χ3v) is 1.98. The maximum Gasteiger partial charge on any atom is 0.158 e. The van der Waals surface area contributed by atoms with E-state index in [2.05, 4.69) is 5.32 Å². The van der Waals surface area contributed by atoms with Crippen molar-refractivity contribution in [1.82, 2.24) is 5.32 Å². The van der Waals surface area contributed by atoms with Crippen LogP contribution in [0.1, 0.15) is 15.9 Å². The molecule has 0 atom stereocenters. The zero-order chi connectivity index (χ0) is 9.97. The van der Waals surface area contributed by atoms with Gasteiger partial charge in [-0.15, -0.1) is 0 Å². The van der Waals surface area contributed by atoms with Crippen LogP contribution in [0.25, 0.3) is 5.76 Å². The lowest BCUT2D eigenvalue weighted by molar-refractivity contribution is 0.112. The molecule has 0 unspecified atom stereocenters. The first kappa shape index (κ1) is 8.62. The zero-order valence-corrected chi connectivity index (χ0v) is 7.36. The highest BCUT2D eigenvalue weighted by atomic mass is 16.5. The zero-order valence-electron chi connectivity index (χ0n) is 7.36. The predicted molar refractivity (Wildman–Crippen MR) is 50.6 cm³/mol. The number of nitrogens with one attached hydrogen (secondary N) is 1. The predicted octanol–water partition coefficient (Wildman–Crippen LogP) is 1.08. The standard InChI is InChI=1S/C10H9NO3/c12-5-8-3-7(1-2-9(8)13)10-4-11-6-14-10/h1-5,11,13H,6H2. The van der Waals surface area contributed by atoms with Gasteiger partial charge in [0, 0.05) is 11.8 Å². The average Bonchev–Trinajstić information content (AvgIpc) is 2.71. The van der Waals surface area contributed by atoms with E-state index in [4.69, 9.17) is 4.74 Å². The highest BCUT2D eigenvalue weighted by Gasteiger charge is 2.09. The lowest BCUT2D eigenvalue weighted by Crippen LogP contribution is -1.98. The van der Waals surface area contributed by atoms with E-state index < -0.39 is 0 Å². The Balaban J connectivity index is 2.40. The molecule has 2 N–H and O–H groups in total. The van der Waals surface area contributed by atoms with Crippen LogP contribution in [0.5, 0.6) is 5.75 Å². The van der Waals surface area contributed by atoms with Crippen LogP contribution in [0.3, 0.4) is 0 Å². The maximum atomic E-state index is 10.6. The highest BCUT2D eigenvalue weighted by Crippen LogP contribution is 2.23. The van der Waals surface area contributed by atoms with Gasteiger partial charge in [0.25, 0.3) is 0 Å². The first-order valence-electron chi connectivity index (χ1n) is 4.16. The van der Waals surface area contributed by atoms with Gasteiger partial charge < -0.3 is 15.2 Å². The molecule has 0 aromatic heterocycles.